The first-order chi connectivity index (χ1) is 13.2. The van der Waals surface area contributed by atoms with Crippen LogP contribution in [0.15, 0.2) is 36.4 Å². The standard InChI is InChI=1S/C21H24ClFN2O3/c1-13-9-18(10-14(2)20(13)22)28-12-19(26)25(15(3)21(27)24-4)11-16-5-7-17(23)8-6-16/h5-10,15H,11-12H2,1-4H3,(H,24,27)/t15-/m0/s1. The summed E-state index contributed by atoms with van der Waals surface area (Å²) in [6.07, 6.45) is 0. The number of hydrogen-bond donors (Lipinski definition) is 1. The van der Waals surface area contributed by atoms with Crippen molar-refractivity contribution in [2.45, 2.75) is 33.4 Å². The summed E-state index contributed by atoms with van der Waals surface area (Å²) in [5, 5.41) is 3.20. The number of carbonyl (C=O) groups is 2. The van der Waals surface area contributed by atoms with Crippen LogP contribution in [0.1, 0.15) is 23.6 Å². The number of amides is 2. The molecule has 0 aliphatic rings. The van der Waals surface area contributed by atoms with Gasteiger partial charge in [-0.1, -0.05) is 23.7 Å². The summed E-state index contributed by atoms with van der Waals surface area (Å²) in [6.45, 7) is 5.28. The lowest BCUT2D eigenvalue weighted by atomic mass is 10.1. The van der Waals surface area contributed by atoms with Crippen LogP contribution in [-0.2, 0) is 16.1 Å². The van der Waals surface area contributed by atoms with Crippen molar-refractivity contribution in [1.29, 1.82) is 0 Å². The zero-order valence-corrected chi connectivity index (χ0v) is 17.1. The summed E-state index contributed by atoms with van der Waals surface area (Å²) in [5.74, 6) is -0.487. The van der Waals surface area contributed by atoms with Gasteiger partial charge >= 0.3 is 0 Å². The summed E-state index contributed by atoms with van der Waals surface area (Å²) >= 11 is 6.15. The number of nitrogens with one attached hydrogen (secondary N) is 1. The minimum atomic E-state index is -0.708. The van der Waals surface area contributed by atoms with Gasteiger partial charge in [-0.05, 0) is 61.7 Å². The van der Waals surface area contributed by atoms with Gasteiger partial charge in [0.1, 0.15) is 17.6 Å². The van der Waals surface area contributed by atoms with E-state index < -0.39 is 6.04 Å². The van der Waals surface area contributed by atoms with Crippen LogP contribution in [0.5, 0.6) is 5.75 Å². The van der Waals surface area contributed by atoms with Crippen molar-refractivity contribution in [1.82, 2.24) is 10.2 Å². The van der Waals surface area contributed by atoms with Gasteiger partial charge in [-0.3, -0.25) is 9.59 Å². The van der Waals surface area contributed by atoms with Gasteiger partial charge in [0.15, 0.2) is 6.61 Å². The summed E-state index contributed by atoms with van der Waals surface area (Å²) in [4.78, 5) is 26.3. The van der Waals surface area contributed by atoms with Crippen molar-refractivity contribution in [2.24, 2.45) is 0 Å². The molecule has 0 aliphatic heterocycles. The summed E-state index contributed by atoms with van der Waals surface area (Å²) in [6, 6.07) is 8.61. The Labute approximate surface area is 169 Å². The molecule has 1 atom stereocenters. The summed E-state index contributed by atoms with van der Waals surface area (Å²) in [5.41, 5.74) is 2.42. The van der Waals surface area contributed by atoms with E-state index in [0.29, 0.717) is 16.3 Å². The predicted molar refractivity (Wildman–Crippen MR) is 107 cm³/mol. The molecule has 0 saturated carbocycles. The Balaban J connectivity index is 2.16. The van der Waals surface area contributed by atoms with Crippen LogP contribution < -0.4 is 10.1 Å². The largest absolute Gasteiger partial charge is 0.484 e. The van der Waals surface area contributed by atoms with Gasteiger partial charge < -0.3 is 15.0 Å². The lowest BCUT2D eigenvalue weighted by molar-refractivity contribution is -0.142. The maximum atomic E-state index is 13.2. The molecule has 1 N–H and O–H groups in total. The number of rotatable bonds is 7. The van der Waals surface area contributed by atoms with Gasteiger partial charge in [-0.15, -0.1) is 0 Å². The Bertz CT molecular complexity index is 832. The third-order valence-electron chi connectivity index (χ3n) is 4.45. The predicted octanol–water partition coefficient (Wildman–Crippen LogP) is 3.64. The molecule has 28 heavy (non-hydrogen) atoms. The summed E-state index contributed by atoms with van der Waals surface area (Å²) in [7, 11) is 1.51. The number of nitrogens with zero attached hydrogens (tertiary/aromatic N) is 1. The molecule has 0 fully saturated rings. The van der Waals surface area contributed by atoms with E-state index in [1.54, 1.807) is 31.2 Å². The molecule has 0 heterocycles. The van der Waals surface area contributed by atoms with Crippen LogP contribution in [0.2, 0.25) is 5.02 Å². The zero-order chi connectivity index (χ0) is 20.8. The number of ether oxygens (including phenoxy) is 1. The van der Waals surface area contributed by atoms with Crippen molar-refractivity contribution in [3.63, 3.8) is 0 Å². The van der Waals surface area contributed by atoms with E-state index in [9.17, 15) is 14.0 Å². The topological polar surface area (TPSA) is 58.6 Å². The van der Waals surface area contributed by atoms with Crippen LogP contribution >= 0.6 is 11.6 Å². The van der Waals surface area contributed by atoms with Gasteiger partial charge in [-0.25, -0.2) is 4.39 Å². The van der Waals surface area contributed by atoms with Crippen LogP contribution in [0.4, 0.5) is 4.39 Å². The van der Waals surface area contributed by atoms with Crippen molar-refractivity contribution in [3.05, 3.63) is 63.9 Å². The van der Waals surface area contributed by atoms with E-state index in [4.69, 9.17) is 16.3 Å². The Morgan fingerprint density at radius 1 is 1.18 bits per heavy atom. The second-order valence-corrected chi connectivity index (χ2v) is 6.98. The monoisotopic (exact) mass is 406 g/mol. The summed E-state index contributed by atoms with van der Waals surface area (Å²) < 4.78 is 18.8. The molecule has 0 radical (unpaired) electrons. The highest BCUT2D eigenvalue weighted by atomic mass is 35.5. The SMILES string of the molecule is CNC(=O)[C@H](C)N(Cc1ccc(F)cc1)C(=O)COc1cc(C)c(Cl)c(C)c1. The Morgan fingerprint density at radius 3 is 2.29 bits per heavy atom. The average Bonchev–Trinajstić information content (AvgIpc) is 2.68. The molecule has 150 valence electrons. The second-order valence-electron chi connectivity index (χ2n) is 6.60. The number of likely N-dealkylation sites (N-methyl/N-ethyl adjacent to an activating group) is 1. The first-order valence-electron chi connectivity index (χ1n) is 8.88. The van der Waals surface area contributed by atoms with E-state index in [1.165, 1.54) is 24.1 Å². The highest BCUT2D eigenvalue weighted by molar-refractivity contribution is 6.32. The maximum Gasteiger partial charge on any atom is 0.261 e. The van der Waals surface area contributed by atoms with Crippen molar-refractivity contribution >= 4 is 23.4 Å². The molecular formula is C21H24ClFN2O3. The molecule has 0 spiro atoms. The maximum absolute atomic E-state index is 13.2. The Morgan fingerprint density at radius 2 is 1.75 bits per heavy atom. The van der Waals surface area contributed by atoms with Crippen molar-refractivity contribution in [2.75, 3.05) is 13.7 Å². The van der Waals surface area contributed by atoms with E-state index in [-0.39, 0.29) is 30.8 Å². The normalized spacial score (nSPS) is 11.6. The number of benzene rings is 2. The number of carbonyl (C=O) groups excluding carboxylic acids is 2. The fourth-order valence-corrected chi connectivity index (χ4v) is 2.90. The van der Waals surface area contributed by atoms with E-state index >= 15 is 0 Å². The van der Waals surface area contributed by atoms with Crippen LogP contribution in [-0.4, -0.2) is 36.4 Å². The molecule has 7 heteroatoms. The first-order valence-corrected chi connectivity index (χ1v) is 9.25. The Hall–Kier alpha value is -2.60. The number of hydrogen-bond acceptors (Lipinski definition) is 3. The lowest BCUT2D eigenvalue weighted by Crippen LogP contribution is -2.48. The average molecular weight is 407 g/mol. The third-order valence-corrected chi connectivity index (χ3v) is 5.05. The van der Waals surface area contributed by atoms with Crippen LogP contribution in [0.3, 0.4) is 0 Å². The van der Waals surface area contributed by atoms with Crippen molar-refractivity contribution in [3.8, 4) is 5.75 Å². The molecule has 0 aliphatic carbocycles. The van der Waals surface area contributed by atoms with Gasteiger partial charge in [0.05, 0.1) is 0 Å². The molecule has 2 aromatic rings. The van der Waals surface area contributed by atoms with Gasteiger partial charge in [0.25, 0.3) is 5.91 Å². The van der Waals surface area contributed by atoms with Gasteiger partial charge in [0, 0.05) is 18.6 Å². The minimum absolute atomic E-state index is 0.162. The third kappa shape index (κ3) is 5.45. The van der Waals surface area contributed by atoms with E-state index in [0.717, 1.165) is 11.1 Å². The molecule has 0 aromatic heterocycles. The smallest absolute Gasteiger partial charge is 0.261 e. The quantitative estimate of drug-likeness (QED) is 0.763. The number of halogens is 2. The molecule has 2 rings (SSSR count). The van der Waals surface area contributed by atoms with E-state index in [1.807, 2.05) is 13.8 Å². The fourth-order valence-electron chi connectivity index (χ4n) is 2.80. The van der Waals surface area contributed by atoms with E-state index in [2.05, 4.69) is 5.32 Å². The van der Waals surface area contributed by atoms with Gasteiger partial charge in [-0.2, -0.15) is 0 Å². The molecule has 2 aromatic carbocycles. The van der Waals surface area contributed by atoms with Crippen LogP contribution in [0.25, 0.3) is 0 Å². The van der Waals surface area contributed by atoms with Gasteiger partial charge in [0.2, 0.25) is 5.91 Å². The molecule has 5 nitrogen and oxygen atoms in total. The highest BCUT2D eigenvalue weighted by Gasteiger charge is 2.26. The molecule has 0 saturated heterocycles. The highest BCUT2D eigenvalue weighted by Crippen LogP contribution is 2.26. The van der Waals surface area contributed by atoms with Crippen LogP contribution in [0, 0.1) is 19.7 Å². The fraction of sp³-hybridized carbons (Fsp3) is 0.333. The second kappa shape index (κ2) is 9.55. The minimum Gasteiger partial charge on any atom is -0.484 e. The Kier molecular flexibility index (Phi) is 7.40. The molecule has 2 amide bonds. The number of aryl methyl sites for hydroxylation is 2. The molecule has 0 bridgehead atoms. The zero-order valence-electron chi connectivity index (χ0n) is 16.4. The lowest BCUT2D eigenvalue weighted by Gasteiger charge is -2.28. The van der Waals surface area contributed by atoms with Crippen molar-refractivity contribution < 1.29 is 18.7 Å². The first kappa shape index (κ1) is 21.7. The molecular weight excluding hydrogens is 383 g/mol. The molecule has 0 unspecified atom stereocenters.